The Morgan fingerprint density at radius 3 is 2.60 bits per heavy atom. The fourth-order valence-corrected chi connectivity index (χ4v) is 3.00. The monoisotopic (exact) mass is 346 g/mol. The number of amides is 2. The topological polar surface area (TPSA) is 69.9 Å². The first kappa shape index (κ1) is 18.9. The van der Waals surface area contributed by atoms with E-state index in [1.165, 1.54) is 18.2 Å². The number of halogens is 1. The molecule has 2 amide bonds. The minimum Gasteiger partial charge on any atom is -0.368 e. The highest BCUT2D eigenvalue weighted by Crippen LogP contribution is 2.20. The molecule has 6 nitrogen and oxygen atoms in total. The lowest BCUT2D eigenvalue weighted by molar-refractivity contribution is -0.135. The molecule has 0 aromatic heterocycles. The predicted octanol–water partition coefficient (Wildman–Crippen LogP) is 0.0613. The van der Waals surface area contributed by atoms with E-state index in [0.29, 0.717) is 25.2 Å². The summed E-state index contributed by atoms with van der Waals surface area (Å²) in [5.74, 6) is 1.43. The minimum atomic E-state index is -0.859. The second-order valence-electron chi connectivity index (χ2n) is 6.14. The van der Waals surface area contributed by atoms with Gasteiger partial charge in [-0.1, -0.05) is 18.1 Å². The molecular formula is C18H23FN4O2. The van der Waals surface area contributed by atoms with Gasteiger partial charge in [0.15, 0.2) is 0 Å². The van der Waals surface area contributed by atoms with Crippen molar-refractivity contribution in [3.05, 3.63) is 35.6 Å². The summed E-state index contributed by atoms with van der Waals surface area (Å²) >= 11 is 0. The van der Waals surface area contributed by atoms with Crippen LogP contribution in [0.2, 0.25) is 0 Å². The maximum Gasteiger partial charge on any atom is 0.239 e. The second kappa shape index (κ2) is 8.60. The Morgan fingerprint density at radius 2 is 2.04 bits per heavy atom. The molecule has 7 heteroatoms. The van der Waals surface area contributed by atoms with Gasteiger partial charge < -0.3 is 10.6 Å². The van der Waals surface area contributed by atoms with Gasteiger partial charge in [0.25, 0.3) is 0 Å². The van der Waals surface area contributed by atoms with Gasteiger partial charge in [0.1, 0.15) is 11.9 Å². The van der Waals surface area contributed by atoms with E-state index in [1.807, 2.05) is 0 Å². The summed E-state index contributed by atoms with van der Waals surface area (Å²) in [4.78, 5) is 29.7. The van der Waals surface area contributed by atoms with Crippen LogP contribution >= 0.6 is 0 Å². The molecule has 0 spiro atoms. The lowest BCUT2D eigenvalue weighted by Crippen LogP contribution is -2.51. The van der Waals surface area contributed by atoms with Crippen molar-refractivity contribution in [2.75, 3.05) is 46.3 Å². The minimum absolute atomic E-state index is 0.0270. The van der Waals surface area contributed by atoms with E-state index >= 15 is 0 Å². The number of benzene rings is 1. The third-order valence-corrected chi connectivity index (χ3v) is 4.30. The SMILES string of the molecule is C#CCN1CCN(C(=O)CN(C)[C@H](C(N)=O)c2cccc(F)c2)CC1. The number of hydrogen-bond donors (Lipinski definition) is 1. The van der Waals surface area contributed by atoms with E-state index in [1.54, 1.807) is 22.9 Å². The highest BCUT2D eigenvalue weighted by atomic mass is 19.1. The maximum atomic E-state index is 13.4. The molecule has 1 aromatic carbocycles. The second-order valence-corrected chi connectivity index (χ2v) is 6.14. The van der Waals surface area contributed by atoms with Crippen molar-refractivity contribution in [1.82, 2.24) is 14.7 Å². The maximum absolute atomic E-state index is 13.4. The lowest BCUT2D eigenvalue weighted by Gasteiger charge is -2.35. The van der Waals surface area contributed by atoms with Crippen LogP contribution in [0.5, 0.6) is 0 Å². The molecule has 2 rings (SSSR count). The van der Waals surface area contributed by atoms with E-state index in [2.05, 4.69) is 10.8 Å². The highest BCUT2D eigenvalue weighted by Gasteiger charge is 2.27. The molecule has 1 fully saturated rings. The molecule has 0 aliphatic carbocycles. The number of carbonyl (C=O) groups is 2. The molecule has 0 unspecified atom stereocenters. The van der Waals surface area contributed by atoms with Crippen molar-refractivity contribution < 1.29 is 14.0 Å². The quantitative estimate of drug-likeness (QED) is 0.740. The van der Waals surface area contributed by atoms with Crippen LogP contribution in [0.1, 0.15) is 11.6 Å². The first-order valence-electron chi connectivity index (χ1n) is 8.11. The fourth-order valence-electron chi connectivity index (χ4n) is 3.00. The predicted molar refractivity (Wildman–Crippen MR) is 92.8 cm³/mol. The summed E-state index contributed by atoms with van der Waals surface area (Å²) in [5.41, 5.74) is 5.90. The van der Waals surface area contributed by atoms with E-state index in [-0.39, 0.29) is 12.5 Å². The smallest absolute Gasteiger partial charge is 0.239 e. The molecule has 1 aliphatic rings. The molecule has 134 valence electrons. The fraction of sp³-hybridized carbons (Fsp3) is 0.444. The highest BCUT2D eigenvalue weighted by molar-refractivity contribution is 5.83. The molecular weight excluding hydrogens is 323 g/mol. The van der Waals surface area contributed by atoms with Crippen LogP contribution in [0.25, 0.3) is 0 Å². The number of primary amides is 1. The first-order valence-corrected chi connectivity index (χ1v) is 8.11. The molecule has 0 saturated carbocycles. The van der Waals surface area contributed by atoms with Gasteiger partial charge in [-0.2, -0.15) is 0 Å². The molecule has 1 saturated heterocycles. The zero-order valence-electron chi connectivity index (χ0n) is 14.3. The molecule has 25 heavy (non-hydrogen) atoms. The number of nitrogens with two attached hydrogens (primary N) is 1. The van der Waals surface area contributed by atoms with Crippen molar-refractivity contribution in [3.63, 3.8) is 0 Å². The van der Waals surface area contributed by atoms with Crippen molar-refractivity contribution in [3.8, 4) is 12.3 Å². The summed E-state index contributed by atoms with van der Waals surface area (Å²) in [6, 6.07) is 4.83. The molecule has 1 atom stereocenters. The molecule has 1 aromatic rings. The average Bonchev–Trinajstić information content (AvgIpc) is 2.55. The Balaban J connectivity index is 1.99. The summed E-state index contributed by atoms with van der Waals surface area (Å²) < 4.78 is 13.4. The third kappa shape index (κ3) is 5.02. The first-order chi connectivity index (χ1) is 11.9. The largest absolute Gasteiger partial charge is 0.368 e. The van der Waals surface area contributed by atoms with Crippen LogP contribution < -0.4 is 5.73 Å². The number of terminal acetylenes is 1. The Bertz CT molecular complexity index is 665. The van der Waals surface area contributed by atoms with Crippen LogP contribution in [0.15, 0.2) is 24.3 Å². The summed E-state index contributed by atoms with van der Waals surface area (Å²) in [6.07, 6.45) is 5.30. The zero-order chi connectivity index (χ0) is 18.4. The van der Waals surface area contributed by atoms with Gasteiger partial charge in [-0.3, -0.25) is 19.4 Å². The average molecular weight is 346 g/mol. The van der Waals surface area contributed by atoms with Gasteiger partial charge in [-0.05, 0) is 24.7 Å². The molecule has 0 bridgehead atoms. The van der Waals surface area contributed by atoms with Gasteiger partial charge in [-0.15, -0.1) is 6.42 Å². The van der Waals surface area contributed by atoms with Crippen molar-refractivity contribution in [2.24, 2.45) is 5.73 Å². The van der Waals surface area contributed by atoms with Gasteiger partial charge in [-0.25, -0.2) is 4.39 Å². The van der Waals surface area contributed by atoms with Gasteiger partial charge in [0, 0.05) is 26.2 Å². The van der Waals surface area contributed by atoms with E-state index < -0.39 is 17.8 Å². The molecule has 1 aliphatic heterocycles. The number of nitrogens with zero attached hydrogens (tertiary/aromatic N) is 3. The standard InChI is InChI=1S/C18H23FN4O2/c1-3-7-22-8-10-23(11-9-22)16(24)13-21(2)17(18(20)25)14-5-4-6-15(19)12-14/h1,4-6,12,17H,7-11,13H2,2H3,(H2,20,25)/t17-/m0/s1. The molecule has 1 heterocycles. The van der Waals surface area contributed by atoms with Crippen molar-refractivity contribution in [2.45, 2.75) is 6.04 Å². The summed E-state index contributed by atoms with van der Waals surface area (Å²) in [7, 11) is 1.63. The van der Waals surface area contributed by atoms with Crippen LogP contribution in [0.4, 0.5) is 4.39 Å². The van der Waals surface area contributed by atoms with Crippen LogP contribution in [0, 0.1) is 18.2 Å². The Hall–Kier alpha value is -2.43. The Labute approximate surface area is 147 Å². The van der Waals surface area contributed by atoms with E-state index in [0.717, 1.165) is 13.1 Å². The van der Waals surface area contributed by atoms with E-state index in [9.17, 15) is 14.0 Å². The van der Waals surface area contributed by atoms with Crippen LogP contribution in [-0.4, -0.2) is 72.8 Å². The van der Waals surface area contributed by atoms with Gasteiger partial charge in [0.2, 0.25) is 11.8 Å². The van der Waals surface area contributed by atoms with Crippen molar-refractivity contribution in [1.29, 1.82) is 0 Å². The van der Waals surface area contributed by atoms with E-state index in [4.69, 9.17) is 12.2 Å². The molecule has 0 radical (unpaired) electrons. The summed E-state index contributed by atoms with van der Waals surface area (Å²) in [5, 5.41) is 0. The van der Waals surface area contributed by atoms with Gasteiger partial charge >= 0.3 is 0 Å². The third-order valence-electron chi connectivity index (χ3n) is 4.30. The van der Waals surface area contributed by atoms with Crippen LogP contribution in [-0.2, 0) is 9.59 Å². The molecule has 2 N–H and O–H groups in total. The Morgan fingerprint density at radius 1 is 1.36 bits per heavy atom. The van der Waals surface area contributed by atoms with Crippen molar-refractivity contribution >= 4 is 11.8 Å². The summed E-state index contributed by atoms with van der Waals surface area (Å²) in [6.45, 7) is 3.24. The van der Waals surface area contributed by atoms with Crippen LogP contribution in [0.3, 0.4) is 0 Å². The lowest BCUT2D eigenvalue weighted by atomic mass is 10.0. The number of carbonyl (C=O) groups excluding carboxylic acids is 2. The van der Waals surface area contributed by atoms with Gasteiger partial charge in [0.05, 0.1) is 13.1 Å². The zero-order valence-corrected chi connectivity index (χ0v) is 14.3. The Kier molecular flexibility index (Phi) is 6.51. The number of piperazine rings is 1. The number of hydrogen-bond acceptors (Lipinski definition) is 4. The normalized spacial score (nSPS) is 16.5. The number of rotatable bonds is 6. The number of likely N-dealkylation sites (N-methyl/N-ethyl adjacent to an activating group) is 1.